The Hall–Kier alpha value is -2.36. The van der Waals surface area contributed by atoms with Gasteiger partial charge >= 0.3 is 0 Å². The van der Waals surface area contributed by atoms with Crippen molar-refractivity contribution in [3.63, 3.8) is 0 Å². The molecule has 2 aromatic heterocycles. The van der Waals surface area contributed by atoms with Gasteiger partial charge in [-0.15, -0.1) is 0 Å². The predicted molar refractivity (Wildman–Crippen MR) is 111 cm³/mol. The quantitative estimate of drug-likeness (QED) is 0.622. The smallest absolute Gasteiger partial charge is 0.242 e. The van der Waals surface area contributed by atoms with Crippen molar-refractivity contribution in [1.29, 1.82) is 0 Å². The fraction of sp³-hybridized carbons (Fsp3) is 0.263. The van der Waals surface area contributed by atoms with Crippen LogP contribution in [0.2, 0.25) is 0 Å². The number of hydrogen-bond donors (Lipinski definition) is 1. The molecule has 0 spiro atoms. The second kappa shape index (κ2) is 7.94. The summed E-state index contributed by atoms with van der Waals surface area (Å²) < 4.78 is 27.9. The Morgan fingerprint density at radius 3 is 2.71 bits per heavy atom. The molecule has 3 aromatic rings. The average Bonchev–Trinajstić information content (AvgIpc) is 3.06. The molecule has 0 radical (unpaired) electrons. The maximum Gasteiger partial charge on any atom is 0.242 e. The van der Waals surface area contributed by atoms with Gasteiger partial charge in [-0.2, -0.15) is 0 Å². The van der Waals surface area contributed by atoms with Crippen LogP contribution in [0.25, 0.3) is 5.52 Å². The van der Waals surface area contributed by atoms with Crippen molar-refractivity contribution in [1.82, 2.24) is 13.7 Å². The summed E-state index contributed by atoms with van der Waals surface area (Å²) in [5.41, 5.74) is 3.09. The number of carbonyl (C=O) groups excluding carboxylic acids is 1. The molecule has 0 aliphatic heterocycles. The molecule has 0 bridgehead atoms. The summed E-state index contributed by atoms with van der Waals surface area (Å²) in [7, 11) is -0.622. The van der Waals surface area contributed by atoms with Gasteiger partial charge in [-0.05, 0) is 49.2 Å². The number of amides is 1. The Balaban J connectivity index is 1.77. The molecule has 0 unspecified atom stereocenters. The number of aromatic nitrogens is 2. The Morgan fingerprint density at radius 2 is 2.00 bits per heavy atom. The number of pyridine rings is 1. The number of aryl methyl sites for hydroxylation is 1. The van der Waals surface area contributed by atoms with Crippen LogP contribution >= 0.6 is 11.8 Å². The van der Waals surface area contributed by atoms with Gasteiger partial charge in [0.2, 0.25) is 15.9 Å². The van der Waals surface area contributed by atoms with Gasteiger partial charge in [-0.1, -0.05) is 17.8 Å². The molecule has 1 amide bonds. The molecule has 9 heteroatoms. The standard InChI is InChI=1S/C19H22N4O3S2/c1-13-9-16(28(25,26)22(3)4)10-17(14(13)2)21-18(24)12-27-19-20-11-15-7-5-6-8-23(15)19/h5-11H,12H2,1-4H3,(H,21,24). The molecule has 0 saturated heterocycles. The number of sulfonamides is 1. The van der Waals surface area contributed by atoms with Gasteiger partial charge < -0.3 is 5.32 Å². The third-order valence-electron chi connectivity index (χ3n) is 4.43. The molecule has 7 nitrogen and oxygen atoms in total. The Morgan fingerprint density at radius 1 is 1.25 bits per heavy atom. The molecule has 148 valence electrons. The first-order valence-electron chi connectivity index (χ1n) is 8.58. The molecule has 28 heavy (non-hydrogen) atoms. The van der Waals surface area contributed by atoms with Crippen molar-refractivity contribution in [2.45, 2.75) is 23.9 Å². The topological polar surface area (TPSA) is 83.8 Å². The van der Waals surface area contributed by atoms with Crippen LogP contribution in [0.15, 0.2) is 52.8 Å². The van der Waals surface area contributed by atoms with Crippen LogP contribution in [-0.2, 0) is 14.8 Å². The number of nitrogens with zero attached hydrogens (tertiary/aromatic N) is 3. The van der Waals surface area contributed by atoms with Gasteiger partial charge in [-0.25, -0.2) is 17.7 Å². The predicted octanol–water partition coefficient (Wildman–Crippen LogP) is 2.93. The number of benzene rings is 1. The molecule has 0 saturated carbocycles. The summed E-state index contributed by atoms with van der Waals surface area (Å²) in [4.78, 5) is 17.0. The zero-order valence-electron chi connectivity index (χ0n) is 16.1. The zero-order valence-corrected chi connectivity index (χ0v) is 17.8. The summed E-state index contributed by atoms with van der Waals surface area (Å²) in [5, 5.41) is 3.56. The Kier molecular flexibility index (Phi) is 5.78. The van der Waals surface area contributed by atoms with E-state index in [0.717, 1.165) is 26.1 Å². The number of anilines is 1. The number of rotatable bonds is 6. The minimum absolute atomic E-state index is 0.155. The molecule has 0 fully saturated rings. The van der Waals surface area contributed by atoms with Crippen LogP contribution in [0.5, 0.6) is 0 Å². The number of thioether (sulfide) groups is 1. The highest BCUT2D eigenvalue weighted by molar-refractivity contribution is 7.99. The van der Waals surface area contributed by atoms with Gasteiger partial charge in [0, 0.05) is 26.0 Å². The monoisotopic (exact) mass is 418 g/mol. The van der Waals surface area contributed by atoms with E-state index in [2.05, 4.69) is 10.3 Å². The van der Waals surface area contributed by atoms with Crippen molar-refractivity contribution in [3.8, 4) is 0 Å². The van der Waals surface area contributed by atoms with Crippen molar-refractivity contribution < 1.29 is 13.2 Å². The second-order valence-electron chi connectivity index (χ2n) is 6.57. The summed E-state index contributed by atoms with van der Waals surface area (Å²) in [6, 6.07) is 8.90. The van der Waals surface area contributed by atoms with Crippen LogP contribution in [0.1, 0.15) is 11.1 Å². The third kappa shape index (κ3) is 4.06. The van der Waals surface area contributed by atoms with Gasteiger partial charge in [0.1, 0.15) is 0 Å². The maximum atomic E-state index is 12.5. The van der Waals surface area contributed by atoms with Gasteiger partial charge in [0.15, 0.2) is 5.16 Å². The molecule has 3 rings (SSSR count). The van der Waals surface area contributed by atoms with E-state index in [4.69, 9.17) is 0 Å². The SMILES string of the molecule is Cc1cc(S(=O)(=O)N(C)C)cc(NC(=O)CSc2ncc3ccccn23)c1C. The fourth-order valence-corrected chi connectivity index (χ4v) is 4.44. The van der Waals surface area contributed by atoms with E-state index >= 15 is 0 Å². The number of hydrogen-bond acceptors (Lipinski definition) is 5. The Labute approximate surface area is 168 Å². The van der Waals surface area contributed by atoms with E-state index < -0.39 is 10.0 Å². The molecule has 0 aliphatic carbocycles. The van der Waals surface area contributed by atoms with Gasteiger partial charge in [0.05, 0.1) is 22.4 Å². The van der Waals surface area contributed by atoms with Crippen LogP contribution < -0.4 is 5.32 Å². The minimum atomic E-state index is -3.58. The number of fused-ring (bicyclic) bond motifs is 1. The highest BCUT2D eigenvalue weighted by atomic mass is 32.2. The maximum absolute atomic E-state index is 12.5. The fourth-order valence-electron chi connectivity index (χ4n) is 2.66. The molecular formula is C19H22N4O3S2. The normalized spacial score (nSPS) is 11.9. The number of nitrogens with one attached hydrogen (secondary N) is 1. The van der Waals surface area contributed by atoms with Crippen LogP contribution in [0, 0.1) is 13.8 Å². The van der Waals surface area contributed by atoms with Crippen LogP contribution in [0.3, 0.4) is 0 Å². The molecule has 0 aliphatic rings. The van der Waals surface area contributed by atoms with Crippen molar-refractivity contribution >= 4 is 38.9 Å². The van der Waals surface area contributed by atoms with Crippen molar-refractivity contribution in [2.24, 2.45) is 0 Å². The number of carbonyl (C=O) groups is 1. The summed E-state index contributed by atoms with van der Waals surface area (Å²) in [6.07, 6.45) is 3.65. The number of imidazole rings is 1. The first-order chi connectivity index (χ1) is 13.2. The van der Waals surface area contributed by atoms with E-state index in [1.807, 2.05) is 42.6 Å². The summed E-state index contributed by atoms with van der Waals surface area (Å²) in [5.74, 6) is -0.0588. The van der Waals surface area contributed by atoms with E-state index in [-0.39, 0.29) is 16.6 Å². The van der Waals surface area contributed by atoms with E-state index in [9.17, 15) is 13.2 Å². The lowest BCUT2D eigenvalue weighted by Crippen LogP contribution is -2.23. The second-order valence-corrected chi connectivity index (χ2v) is 9.67. The van der Waals surface area contributed by atoms with E-state index in [1.54, 1.807) is 12.3 Å². The third-order valence-corrected chi connectivity index (χ3v) is 7.19. The van der Waals surface area contributed by atoms with Gasteiger partial charge in [0.25, 0.3) is 0 Å². The van der Waals surface area contributed by atoms with Crippen molar-refractivity contribution in [3.05, 3.63) is 53.9 Å². The van der Waals surface area contributed by atoms with Crippen LogP contribution in [0.4, 0.5) is 5.69 Å². The zero-order chi connectivity index (χ0) is 20.5. The molecule has 1 N–H and O–H groups in total. The lowest BCUT2D eigenvalue weighted by Gasteiger charge is -2.16. The summed E-state index contributed by atoms with van der Waals surface area (Å²) in [6.45, 7) is 3.68. The minimum Gasteiger partial charge on any atom is -0.325 e. The molecule has 2 heterocycles. The van der Waals surface area contributed by atoms with E-state index in [1.165, 1.54) is 31.9 Å². The summed E-state index contributed by atoms with van der Waals surface area (Å²) >= 11 is 1.32. The molecule has 1 aromatic carbocycles. The first-order valence-corrected chi connectivity index (χ1v) is 11.0. The van der Waals surface area contributed by atoms with Gasteiger partial charge in [-0.3, -0.25) is 9.20 Å². The largest absolute Gasteiger partial charge is 0.325 e. The van der Waals surface area contributed by atoms with E-state index in [0.29, 0.717) is 5.69 Å². The van der Waals surface area contributed by atoms with Crippen LogP contribution in [-0.4, -0.2) is 47.9 Å². The Bertz CT molecular complexity index is 1140. The average molecular weight is 419 g/mol. The highest BCUT2D eigenvalue weighted by Gasteiger charge is 2.20. The lowest BCUT2D eigenvalue weighted by atomic mass is 10.1. The molecule has 0 atom stereocenters. The highest BCUT2D eigenvalue weighted by Crippen LogP contribution is 2.26. The van der Waals surface area contributed by atoms with Crippen molar-refractivity contribution in [2.75, 3.05) is 25.2 Å². The lowest BCUT2D eigenvalue weighted by molar-refractivity contribution is -0.113. The first kappa shape index (κ1) is 20.4. The molecular weight excluding hydrogens is 396 g/mol.